The van der Waals surface area contributed by atoms with Crippen LogP contribution in [0.5, 0.6) is 0 Å². The van der Waals surface area contributed by atoms with Crippen molar-refractivity contribution < 1.29 is 14.1 Å². The van der Waals surface area contributed by atoms with Gasteiger partial charge in [0.15, 0.2) is 6.61 Å². The molecule has 0 fully saturated rings. The molecule has 0 amide bonds. The van der Waals surface area contributed by atoms with Crippen LogP contribution in [0.15, 0.2) is 34.9 Å². The monoisotopic (exact) mass is 392 g/mol. The third-order valence-corrected chi connectivity index (χ3v) is 4.19. The molecule has 134 valence electrons. The molecule has 0 bridgehead atoms. The van der Waals surface area contributed by atoms with Gasteiger partial charge in [-0.3, -0.25) is 4.68 Å². The van der Waals surface area contributed by atoms with E-state index in [1.807, 2.05) is 0 Å². The number of aromatic nitrogens is 4. The summed E-state index contributed by atoms with van der Waals surface area (Å²) in [6, 6.07) is 6.99. The van der Waals surface area contributed by atoms with Crippen LogP contribution in [0.3, 0.4) is 0 Å². The minimum atomic E-state index is -0.560. The largest absolute Gasteiger partial charge is 0.452 e. The van der Waals surface area contributed by atoms with Crippen LogP contribution in [-0.4, -0.2) is 25.9 Å². The zero-order valence-corrected chi connectivity index (χ0v) is 15.5. The Labute approximate surface area is 159 Å². The van der Waals surface area contributed by atoms with E-state index in [9.17, 15) is 4.79 Å². The number of hydrogen-bond acceptors (Lipinski definition) is 6. The molecule has 1 aromatic carbocycles. The van der Waals surface area contributed by atoms with Crippen molar-refractivity contribution in [3.8, 4) is 11.4 Å². The Morgan fingerprint density at radius 2 is 2.04 bits per heavy atom. The molecule has 0 atom stereocenters. The summed E-state index contributed by atoms with van der Waals surface area (Å²) < 4.78 is 11.7. The van der Waals surface area contributed by atoms with Gasteiger partial charge in [0.25, 0.3) is 5.89 Å². The Bertz CT molecular complexity index is 961. The number of esters is 1. The summed E-state index contributed by atoms with van der Waals surface area (Å²) in [5, 5.41) is 9.06. The third kappa shape index (κ3) is 4.12. The van der Waals surface area contributed by atoms with Gasteiger partial charge in [-0.15, -0.1) is 0 Å². The van der Waals surface area contributed by atoms with Gasteiger partial charge < -0.3 is 9.26 Å². The molecule has 0 aliphatic carbocycles. The SMILES string of the molecule is Cc1nn(C)c(Cl)c1/C=C/C(=O)OCc1nc(-c2ccc(Cl)cc2)no1. The minimum absolute atomic E-state index is 0.135. The molecular formula is C17H14Cl2N4O3. The molecule has 0 aliphatic rings. The lowest BCUT2D eigenvalue weighted by atomic mass is 10.2. The maximum atomic E-state index is 11.8. The van der Waals surface area contributed by atoms with E-state index in [0.29, 0.717) is 27.3 Å². The highest BCUT2D eigenvalue weighted by Crippen LogP contribution is 2.20. The lowest BCUT2D eigenvalue weighted by molar-refractivity contribution is -0.139. The first-order valence-corrected chi connectivity index (χ1v) is 8.32. The minimum Gasteiger partial charge on any atom is -0.452 e. The lowest BCUT2D eigenvalue weighted by Gasteiger charge is -1.97. The van der Waals surface area contributed by atoms with Gasteiger partial charge in [0.05, 0.1) is 5.69 Å². The number of nitrogens with zero attached hydrogens (tertiary/aromatic N) is 4. The Hall–Kier alpha value is -2.64. The molecule has 0 aliphatic heterocycles. The Morgan fingerprint density at radius 3 is 2.69 bits per heavy atom. The van der Waals surface area contributed by atoms with E-state index in [4.69, 9.17) is 32.5 Å². The predicted octanol–water partition coefficient (Wildman–Crippen LogP) is 3.84. The fourth-order valence-corrected chi connectivity index (χ4v) is 2.56. The molecule has 26 heavy (non-hydrogen) atoms. The molecule has 3 rings (SSSR count). The topological polar surface area (TPSA) is 83.0 Å². The summed E-state index contributed by atoms with van der Waals surface area (Å²) in [6.45, 7) is 1.66. The van der Waals surface area contributed by atoms with Crippen molar-refractivity contribution in [1.82, 2.24) is 19.9 Å². The number of halogens is 2. The fourth-order valence-electron chi connectivity index (χ4n) is 2.20. The number of hydrogen-bond donors (Lipinski definition) is 0. The first-order chi connectivity index (χ1) is 12.4. The quantitative estimate of drug-likeness (QED) is 0.484. The van der Waals surface area contributed by atoms with E-state index in [2.05, 4.69) is 15.2 Å². The van der Waals surface area contributed by atoms with Gasteiger partial charge in [-0.25, -0.2) is 4.79 Å². The van der Waals surface area contributed by atoms with Crippen LogP contribution < -0.4 is 0 Å². The van der Waals surface area contributed by atoms with Crippen LogP contribution in [0.25, 0.3) is 17.5 Å². The second-order valence-electron chi connectivity index (χ2n) is 5.37. The lowest BCUT2D eigenvalue weighted by Crippen LogP contribution is -2.01. The number of ether oxygens (including phenoxy) is 1. The van der Waals surface area contributed by atoms with Crippen LogP contribution in [0.2, 0.25) is 10.2 Å². The Balaban J connectivity index is 1.60. The van der Waals surface area contributed by atoms with Crippen LogP contribution in [-0.2, 0) is 23.2 Å². The van der Waals surface area contributed by atoms with Crippen molar-refractivity contribution in [2.75, 3.05) is 0 Å². The standard InChI is InChI=1S/C17H14Cl2N4O3/c1-10-13(16(19)23(2)21-10)7-8-15(24)25-9-14-20-17(22-26-14)11-3-5-12(18)6-4-11/h3-8H,9H2,1-2H3/b8-7+. The summed E-state index contributed by atoms with van der Waals surface area (Å²) in [7, 11) is 1.72. The third-order valence-electron chi connectivity index (χ3n) is 3.49. The summed E-state index contributed by atoms with van der Waals surface area (Å²) >= 11 is 11.9. The molecule has 2 heterocycles. The zero-order chi connectivity index (χ0) is 18.7. The van der Waals surface area contributed by atoms with E-state index in [1.54, 1.807) is 44.3 Å². The first-order valence-electron chi connectivity index (χ1n) is 7.56. The highest BCUT2D eigenvalue weighted by atomic mass is 35.5. The number of benzene rings is 1. The van der Waals surface area contributed by atoms with Crippen molar-refractivity contribution in [2.24, 2.45) is 7.05 Å². The molecule has 0 radical (unpaired) electrons. The van der Waals surface area contributed by atoms with Crippen LogP contribution in [0.4, 0.5) is 0 Å². The van der Waals surface area contributed by atoms with Gasteiger partial charge in [0.1, 0.15) is 5.15 Å². The maximum Gasteiger partial charge on any atom is 0.331 e. The van der Waals surface area contributed by atoms with Gasteiger partial charge in [0.2, 0.25) is 5.82 Å². The van der Waals surface area contributed by atoms with Crippen LogP contribution in [0, 0.1) is 6.92 Å². The van der Waals surface area contributed by atoms with Gasteiger partial charge in [-0.05, 0) is 37.3 Å². The first kappa shape index (κ1) is 18.2. The van der Waals surface area contributed by atoms with Crippen molar-refractivity contribution in [1.29, 1.82) is 0 Å². The molecule has 2 aromatic heterocycles. The van der Waals surface area contributed by atoms with E-state index in [0.717, 1.165) is 5.56 Å². The number of aryl methyl sites for hydroxylation is 2. The molecule has 7 nitrogen and oxygen atoms in total. The smallest absolute Gasteiger partial charge is 0.331 e. The van der Waals surface area contributed by atoms with Gasteiger partial charge in [0, 0.05) is 29.3 Å². The van der Waals surface area contributed by atoms with Crippen molar-refractivity contribution >= 4 is 35.2 Å². The van der Waals surface area contributed by atoms with Crippen molar-refractivity contribution in [2.45, 2.75) is 13.5 Å². The second kappa shape index (κ2) is 7.72. The van der Waals surface area contributed by atoms with E-state index in [1.165, 1.54) is 10.8 Å². The molecule has 0 saturated heterocycles. The van der Waals surface area contributed by atoms with E-state index < -0.39 is 5.97 Å². The maximum absolute atomic E-state index is 11.8. The average Bonchev–Trinajstić information content (AvgIpc) is 3.18. The highest BCUT2D eigenvalue weighted by molar-refractivity contribution is 6.31. The van der Waals surface area contributed by atoms with Gasteiger partial charge >= 0.3 is 5.97 Å². The molecular weight excluding hydrogens is 379 g/mol. The number of rotatable bonds is 5. The Morgan fingerprint density at radius 1 is 1.31 bits per heavy atom. The fraction of sp³-hybridized carbons (Fsp3) is 0.176. The molecule has 3 aromatic rings. The predicted molar refractivity (Wildman–Crippen MR) is 96.5 cm³/mol. The average molecular weight is 393 g/mol. The normalized spacial score (nSPS) is 11.2. The van der Waals surface area contributed by atoms with Crippen LogP contribution >= 0.6 is 23.2 Å². The van der Waals surface area contributed by atoms with E-state index >= 15 is 0 Å². The summed E-state index contributed by atoms with van der Waals surface area (Å²) in [4.78, 5) is 16.0. The molecule has 0 unspecified atom stereocenters. The van der Waals surface area contributed by atoms with Crippen molar-refractivity contribution in [3.05, 3.63) is 57.7 Å². The molecule has 0 N–H and O–H groups in total. The van der Waals surface area contributed by atoms with Gasteiger partial charge in [-0.1, -0.05) is 28.4 Å². The summed E-state index contributed by atoms with van der Waals surface area (Å²) in [5.41, 5.74) is 2.12. The number of carbonyl (C=O) groups excluding carboxylic acids is 1. The molecule has 9 heteroatoms. The molecule has 0 saturated carbocycles. The zero-order valence-electron chi connectivity index (χ0n) is 13.9. The van der Waals surface area contributed by atoms with E-state index in [-0.39, 0.29) is 12.5 Å². The number of carbonyl (C=O) groups is 1. The molecule has 0 spiro atoms. The van der Waals surface area contributed by atoms with Gasteiger partial charge in [-0.2, -0.15) is 10.1 Å². The Kier molecular flexibility index (Phi) is 5.39. The second-order valence-corrected chi connectivity index (χ2v) is 6.17. The van der Waals surface area contributed by atoms with Crippen LogP contribution in [0.1, 0.15) is 17.1 Å². The summed E-state index contributed by atoms with van der Waals surface area (Å²) in [6.07, 6.45) is 2.83. The van der Waals surface area contributed by atoms with Crippen molar-refractivity contribution in [3.63, 3.8) is 0 Å². The highest BCUT2D eigenvalue weighted by Gasteiger charge is 2.11. The summed E-state index contributed by atoms with van der Waals surface area (Å²) in [5.74, 6) is 0.0175.